The molecule has 0 aliphatic rings. The smallest absolute Gasteiger partial charge is 0.343 e. The van der Waals surface area contributed by atoms with E-state index in [-0.39, 0.29) is 11.3 Å². The monoisotopic (exact) mass is 574 g/mol. The van der Waals surface area contributed by atoms with Crippen LogP contribution in [0.2, 0.25) is 0 Å². The van der Waals surface area contributed by atoms with Crippen LogP contribution in [0, 0.1) is 5.41 Å². The summed E-state index contributed by atoms with van der Waals surface area (Å²) >= 11 is 0. The van der Waals surface area contributed by atoms with Gasteiger partial charge in [0.2, 0.25) is 0 Å². The van der Waals surface area contributed by atoms with E-state index in [0.29, 0.717) is 24.3 Å². The molecule has 0 heterocycles. The highest BCUT2D eigenvalue weighted by Gasteiger charge is 2.33. The van der Waals surface area contributed by atoms with E-state index in [9.17, 15) is 29.7 Å². The molecule has 0 saturated heterocycles. The van der Waals surface area contributed by atoms with Gasteiger partial charge >= 0.3 is 17.9 Å². The van der Waals surface area contributed by atoms with Crippen LogP contribution < -0.4 is 9.47 Å². The van der Waals surface area contributed by atoms with Gasteiger partial charge in [-0.3, -0.25) is 4.79 Å². The maximum atomic E-state index is 12.3. The van der Waals surface area contributed by atoms with Crippen LogP contribution in [0.1, 0.15) is 91.8 Å². The van der Waals surface area contributed by atoms with Crippen LogP contribution in [0.5, 0.6) is 11.5 Å². The van der Waals surface area contributed by atoms with Crippen LogP contribution in [0.4, 0.5) is 0 Å². The van der Waals surface area contributed by atoms with Crippen LogP contribution in [-0.2, 0) is 9.53 Å². The fraction of sp³-hybridized carbons (Fsp3) is 0.516. The fourth-order valence-electron chi connectivity index (χ4n) is 3.89. The normalized spacial score (nSPS) is 12.0. The van der Waals surface area contributed by atoms with Crippen molar-refractivity contribution < 1.29 is 49.0 Å². The molecule has 2 aromatic rings. The van der Waals surface area contributed by atoms with Gasteiger partial charge < -0.3 is 34.6 Å². The Labute approximate surface area is 240 Å². The van der Waals surface area contributed by atoms with E-state index in [4.69, 9.17) is 19.3 Å². The van der Waals surface area contributed by atoms with E-state index in [1.54, 1.807) is 12.1 Å². The van der Waals surface area contributed by atoms with Gasteiger partial charge in [0.15, 0.2) is 6.29 Å². The first-order valence-electron chi connectivity index (χ1n) is 14.1. The quantitative estimate of drug-likeness (QED) is 0.0753. The lowest BCUT2D eigenvalue weighted by atomic mass is 9.93. The Hall–Kier alpha value is -3.47. The fourth-order valence-corrected chi connectivity index (χ4v) is 3.89. The second-order valence-electron chi connectivity index (χ2n) is 10.3. The minimum absolute atomic E-state index is 0.0973. The number of unbranched alkanes of at least 4 members (excludes halogenated alkanes) is 8. The number of carboxylic acids is 1. The molecule has 41 heavy (non-hydrogen) atoms. The van der Waals surface area contributed by atoms with Crippen LogP contribution in [0.25, 0.3) is 0 Å². The minimum atomic E-state index is -1.24. The molecule has 0 radical (unpaired) electrons. The molecule has 10 nitrogen and oxygen atoms in total. The van der Waals surface area contributed by atoms with Crippen molar-refractivity contribution in [3.05, 3.63) is 59.7 Å². The standard InChI is InChI=1S/C31H42O10/c1-31(21-32,22-33)30(38)39-20-10-8-6-4-2-3-5-7-9-11-27(34)40-25-18-14-24(15-19-25)29(37)41-26-16-12-23(13-17-26)28(35)36/h12-19,27,32-34H,2-11,20-22H2,1H3,(H,35,36). The number of aliphatic hydroxyl groups is 3. The number of aliphatic hydroxyl groups excluding tert-OH is 3. The maximum absolute atomic E-state index is 12.3. The average Bonchev–Trinajstić information content (AvgIpc) is 2.97. The Morgan fingerprint density at radius 1 is 0.732 bits per heavy atom. The summed E-state index contributed by atoms with van der Waals surface area (Å²) in [5.41, 5.74) is -0.852. The van der Waals surface area contributed by atoms with Crippen molar-refractivity contribution in [2.45, 2.75) is 77.4 Å². The largest absolute Gasteiger partial charge is 0.478 e. The molecule has 0 amide bonds. The Kier molecular flexibility index (Phi) is 14.9. The molecule has 0 aliphatic heterocycles. The summed E-state index contributed by atoms with van der Waals surface area (Å²) in [5.74, 6) is -1.55. The third-order valence-corrected chi connectivity index (χ3v) is 6.69. The second-order valence-corrected chi connectivity index (χ2v) is 10.3. The summed E-state index contributed by atoms with van der Waals surface area (Å²) in [7, 11) is 0. The molecule has 0 fully saturated rings. The Balaban J connectivity index is 1.51. The molecular formula is C31H42O10. The third-order valence-electron chi connectivity index (χ3n) is 6.69. The number of hydrogen-bond acceptors (Lipinski definition) is 9. The van der Waals surface area contributed by atoms with Crippen LogP contribution in [-0.4, -0.2) is 64.4 Å². The predicted octanol–water partition coefficient (Wildman–Crippen LogP) is 4.74. The highest BCUT2D eigenvalue weighted by atomic mass is 16.6. The number of carboxylic acid groups (broad SMARTS) is 1. The molecule has 1 atom stereocenters. The first-order chi connectivity index (χ1) is 19.7. The molecule has 2 aromatic carbocycles. The van der Waals surface area contributed by atoms with Crippen molar-refractivity contribution in [3.8, 4) is 11.5 Å². The maximum Gasteiger partial charge on any atom is 0.343 e. The number of rotatable bonds is 20. The van der Waals surface area contributed by atoms with Gasteiger partial charge in [0.05, 0.1) is 30.9 Å². The van der Waals surface area contributed by atoms with Crippen molar-refractivity contribution in [2.75, 3.05) is 19.8 Å². The van der Waals surface area contributed by atoms with Gasteiger partial charge in [0.1, 0.15) is 16.9 Å². The van der Waals surface area contributed by atoms with Crippen LogP contribution in [0.3, 0.4) is 0 Å². The van der Waals surface area contributed by atoms with Gasteiger partial charge in [-0.25, -0.2) is 9.59 Å². The van der Waals surface area contributed by atoms with E-state index >= 15 is 0 Å². The van der Waals surface area contributed by atoms with Crippen LogP contribution in [0.15, 0.2) is 48.5 Å². The van der Waals surface area contributed by atoms with E-state index < -0.39 is 42.8 Å². The number of carbonyl (C=O) groups is 3. The Morgan fingerprint density at radius 3 is 1.76 bits per heavy atom. The van der Waals surface area contributed by atoms with Crippen molar-refractivity contribution in [1.82, 2.24) is 0 Å². The number of benzene rings is 2. The summed E-state index contributed by atoms with van der Waals surface area (Å²) in [6, 6.07) is 11.8. The van der Waals surface area contributed by atoms with Gasteiger partial charge in [-0.15, -0.1) is 0 Å². The first kappa shape index (κ1) is 33.7. The van der Waals surface area contributed by atoms with Gasteiger partial charge in [0.25, 0.3) is 0 Å². The van der Waals surface area contributed by atoms with Gasteiger partial charge in [-0.1, -0.05) is 44.9 Å². The molecule has 226 valence electrons. The molecule has 4 N–H and O–H groups in total. The highest BCUT2D eigenvalue weighted by Crippen LogP contribution is 2.20. The zero-order valence-electron chi connectivity index (χ0n) is 23.6. The lowest BCUT2D eigenvalue weighted by Crippen LogP contribution is -2.37. The van der Waals surface area contributed by atoms with Crippen molar-refractivity contribution in [1.29, 1.82) is 0 Å². The molecule has 10 heteroatoms. The first-order valence-corrected chi connectivity index (χ1v) is 14.1. The van der Waals surface area contributed by atoms with E-state index in [0.717, 1.165) is 57.8 Å². The zero-order chi connectivity index (χ0) is 30.1. The van der Waals surface area contributed by atoms with E-state index in [2.05, 4.69) is 0 Å². The van der Waals surface area contributed by atoms with E-state index in [1.807, 2.05) is 0 Å². The number of aromatic carboxylic acids is 1. The molecule has 0 spiro atoms. The number of ether oxygens (including phenoxy) is 3. The van der Waals surface area contributed by atoms with Crippen molar-refractivity contribution in [3.63, 3.8) is 0 Å². The summed E-state index contributed by atoms with van der Waals surface area (Å²) < 4.78 is 15.9. The molecule has 0 aliphatic carbocycles. The summed E-state index contributed by atoms with van der Waals surface area (Å²) in [6.45, 7) is 0.876. The van der Waals surface area contributed by atoms with Gasteiger partial charge in [0, 0.05) is 6.42 Å². The zero-order valence-corrected chi connectivity index (χ0v) is 23.6. The number of hydrogen-bond donors (Lipinski definition) is 4. The topological polar surface area (TPSA) is 160 Å². The SMILES string of the molecule is CC(CO)(CO)C(=O)OCCCCCCCCCCCC(O)Oc1ccc(C(=O)Oc2ccc(C(=O)O)cc2)cc1. The number of esters is 2. The molecule has 1 unspecified atom stereocenters. The highest BCUT2D eigenvalue weighted by molar-refractivity contribution is 5.91. The van der Waals surface area contributed by atoms with Gasteiger partial charge in [-0.2, -0.15) is 0 Å². The number of carbonyl (C=O) groups excluding carboxylic acids is 2. The molecule has 2 rings (SSSR count). The van der Waals surface area contributed by atoms with E-state index in [1.165, 1.54) is 43.3 Å². The predicted molar refractivity (Wildman–Crippen MR) is 151 cm³/mol. The summed E-state index contributed by atoms with van der Waals surface area (Å²) in [6.07, 6.45) is 8.55. The summed E-state index contributed by atoms with van der Waals surface area (Å²) in [4.78, 5) is 35.1. The lowest BCUT2D eigenvalue weighted by Gasteiger charge is -2.22. The molecule has 0 bridgehead atoms. The molecular weight excluding hydrogens is 532 g/mol. The average molecular weight is 575 g/mol. The third kappa shape index (κ3) is 12.3. The summed E-state index contributed by atoms with van der Waals surface area (Å²) in [5, 5.41) is 37.5. The second kappa shape index (κ2) is 18.1. The van der Waals surface area contributed by atoms with Crippen molar-refractivity contribution in [2.24, 2.45) is 5.41 Å². The van der Waals surface area contributed by atoms with Crippen molar-refractivity contribution >= 4 is 17.9 Å². The Morgan fingerprint density at radius 2 is 1.22 bits per heavy atom. The Bertz CT molecular complexity index is 1060. The minimum Gasteiger partial charge on any atom is -0.478 e. The molecule has 0 aromatic heterocycles. The molecule has 0 saturated carbocycles. The van der Waals surface area contributed by atoms with Crippen LogP contribution >= 0.6 is 0 Å². The lowest BCUT2D eigenvalue weighted by molar-refractivity contribution is -0.160. The van der Waals surface area contributed by atoms with Gasteiger partial charge in [-0.05, 0) is 68.3 Å².